The predicted octanol–water partition coefficient (Wildman–Crippen LogP) is 4.29. The molecule has 1 saturated heterocycles. The van der Waals surface area contributed by atoms with E-state index in [-0.39, 0.29) is 6.03 Å². The first-order valence-electron chi connectivity index (χ1n) is 10.1. The molecule has 2 heterocycles. The van der Waals surface area contributed by atoms with Crippen molar-refractivity contribution in [3.8, 4) is 11.6 Å². The SMILES string of the molecule is CSNc1ccc(N2CCN(C(=O)N(C)C)CC2)nc1Oc1c(C)cc(C)cc1C. The van der Waals surface area contributed by atoms with Gasteiger partial charge in [0.1, 0.15) is 17.3 Å². The number of anilines is 2. The molecule has 8 heteroatoms. The van der Waals surface area contributed by atoms with Crippen LogP contribution in [-0.2, 0) is 0 Å². The molecule has 2 amide bonds. The normalized spacial score (nSPS) is 13.9. The van der Waals surface area contributed by atoms with Gasteiger partial charge >= 0.3 is 6.03 Å². The number of hydrogen-bond donors (Lipinski definition) is 1. The minimum atomic E-state index is 0.0523. The minimum absolute atomic E-state index is 0.0523. The van der Waals surface area contributed by atoms with Gasteiger partial charge in [-0.05, 0) is 44.0 Å². The lowest BCUT2D eigenvalue weighted by Gasteiger charge is -2.36. The van der Waals surface area contributed by atoms with Crippen LogP contribution in [-0.4, -0.2) is 67.3 Å². The van der Waals surface area contributed by atoms with E-state index in [4.69, 9.17) is 9.72 Å². The van der Waals surface area contributed by atoms with Gasteiger partial charge in [-0.1, -0.05) is 29.6 Å². The van der Waals surface area contributed by atoms with E-state index in [0.29, 0.717) is 19.0 Å². The molecule has 0 bridgehead atoms. The number of nitrogens with one attached hydrogen (secondary N) is 1. The van der Waals surface area contributed by atoms with Crippen molar-refractivity contribution in [3.63, 3.8) is 0 Å². The van der Waals surface area contributed by atoms with Gasteiger partial charge in [-0.3, -0.25) is 0 Å². The fourth-order valence-electron chi connectivity index (χ4n) is 3.71. The molecule has 0 aliphatic carbocycles. The molecule has 2 aromatic rings. The van der Waals surface area contributed by atoms with Crippen LogP contribution in [0.5, 0.6) is 11.6 Å². The summed E-state index contributed by atoms with van der Waals surface area (Å²) in [5.41, 5.74) is 4.23. The second-order valence-electron chi connectivity index (χ2n) is 7.81. The molecule has 0 radical (unpaired) electrons. The molecule has 1 aromatic heterocycles. The Hall–Kier alpha value is -2.61. The summed E-state index contributed by atoms with van der Waals surface area (Å²) in [7, 11) is 3.57. The standard InChI is InChI=1S/C22H31N5O2S/c1-15-13-16(2)20(17(3)14-15)29-21-18(24-30-6)7-8-19(23-21)26-9-11-27(12-10-26)22(28)25(4)5/h7-8,13-14,24H,9-12H2,1-6H3. The van der Waals surface area contributed by atoms with Crippen LogP contribution in [0.3, 0.4) is 0 Å². The summed E-state index contributed by atoms with van der Waals surface area (Å²) in [4.78, 5) is 22.7. The van der Waals surface area contributed by atoms with Crippen molar-refractivity contribution in [1.29, 1.82) is 0 Å². The Morgan fingerprint density at radius 1 is 1.10 bits per heavy atom. The average molecular weight is 430 g/mol. The molecule has 3 rings (SSSR count). The van der Waals surface area contributed by atoms with Crippen LogP contribution < -0.4 is 14.4 Å². The summed E-state index contributed by atoms with van der Waals surface area (Å²) in [5, 5.41) is 0. The second kappa shape index (κ2) is 9.47. The Labute approximate surface area is 183 Å². The van der Waals surface area contributed by atoms with E-state index in [1.165, 1.54) is 17.5 Å². The van der Waals surface area contributed by atoms with Crippen LogP contribution in [0.25, 0.3) is 0 Å². The van der Waals surface area contributed by atoms with Gasteiger partial charge in [0.05, 0.1) is 0 Å². The van der Waals surface area contributed by atoms with E-state index in [0.717, 1.165) is 41.5 Å². The number of carbonyl (C=O) groups is 1. The highest BCUT2D eigenvalue weighted by Gasteiger charge is 2.24. The number of aryl methyl sites for hydroxylation is 3. The number of hydrogen-bond acceptors (Lipinski definition) is 6. The van der Waals surface area contributed by atoms with Gasteiger partial charge < -0.3 is 24.2 Å². The van der Waals surface area contributed by atoms with Crippen molar-refractivity contribution in [2.45, 2.75) is 20.8 Å². The predicted molar refractivity (Wildman–Crippen MR) is 125 cm³/mol. The molecule has 1 aliphatic rings. The zero-order chi connectivity index (χ0) is 21.8. The van der Waals surface area contributed by atoms with Gasteiger partial charge in [0.15, 0.2) is 0 Å². The van der Waals surface area contributed by atoms with E-state index in [9.17, 15) is 4.79 Å². The number of urea groups is 1. The molecule has 0 saturated carbocycles. The Kier molecular flexibility index (Phi) is 6.97. The van der Waals surface area contributed by atoms with Crippen LogP contribution in [0.15, 0.2) is 24.3 Å². The molecule has 1 N–H and O–H groups in total. The Morgan fingerprint density at radius 2 is 1.73 bits per heavy atom. The summed E-state index contributed by atoms with van der Waals surface area (Å²) < 4.78 is 9.58. The summed E-state index contributed by atoms with van der Waals surface area (Å²) in [6.45, 7) is 9.04. The maximum atomic E-state index is 12.2. The Morgan fingerprint density at radius 3 is 2.30 bits per heavy atom. The van der Waals surface area contributed by atoms with Gasteiger partial charge in [-0.2, -0.15) is 4.98 Å². The maximum Gasteiger partial charge on any atom is 0.319 e. The van der Waals surface area contributed by atoms with Gasteiger partial charge in [-0.25, -0.2) is 4.79 Å². The molecule has 1 aliphatic heterocycles. The second-order valence-corrected chi connectivity index (χ2v) is 8.42. The van der Waals surface area contributed by atoms with Gasteiger partial charge in [0.2, 0.25) is 5.88 Å². The van der Waals surface area contributed by atoms with Crippen molar-refractivity contribution in [1.82, 2.24) is 14.8 Å². The van der Waals surface area contributed by atoms with Crippen LogP contribution in [0.2, 0.25) is 0 Å². The molecule has 7 nitrogen and oxygen atoms in total. The fourth-order valence-corrected chi connectivity index (χ4v) is 4.08. The quantitative estimate of drug-likeness (QED) is 0.716. The van der Waals surface area contributed by atoms with Crippen molar-refractivity contribution in [2.75, 3.05) is 56.2 Å². The van der Waals surface area contributed by atoms with Gasteiger partial charge in [-0.15, -0.1) is 0 Å². The number of nitrogens with zero attached hydrogens (tertiary/aromatic N) is 4. The molecule has 1 fully saturated rings. The van der Waals surface area contributed by atoms with Crippen LogP contribution >= 0.6 is 11.9 Å². The largest absolute Gasteiger partial charge is 0.436 e. The number of pyridine rings is 1. The summed E-state index contributed by atoms with van der Waals surface area (Å²) in [6, 6.07) is 8.30. The van der Waals surface area contributed by atoms with Crippen LogP contribution in [0.4, 0.5) is 16.3 Å². The zero-order valence-electron chi connectivity index (χ0n) is 18.7. The van der Waals surface area contributed by atoms with Crippen molar-refractivity contribution in [2.24, 2.45) is 0 Å². The lowest BCUT2D eigenvalue weighted by molar-refractivity contribution is 0.168. The molecular weight excluding hydrogens is 398 g/mol. The summed E-state index contributed by atoms with van der Waals surface area (Å²) in [5.74, 6) is 2.26. The van der Waals surface area contributed by atoms with Crippen molar-refractivity contribution in [3.05, 3.63) is 41.0 Å². The van der Waals surface area contributed by atoms with Crippen LogP contribution in [0.1, 0.15) is 16.7 Å². The molecular formula is C22H31N5O2S. The number of ether oxygens (including phenoxy) is 1. The van der Waals surface area contributed by atoms with E-state index in [2.05, 4.69) is 42.5 Å². The van der Waals surface area contributed by atoms with Gasteiger partial charge in [0, 0.05) is 46.5 Å². The van der Waals surface area contributed by atoms with Crippen LogP contribution in [0, 0.1) is 20.8 Å². The molecule has 0 spiro atoms. The smallest absolute Gasteiger partial charge is 0.319 e. The first-order valence-corrected chi connectivity index (χ1v) is 11.3. The molecule has 162 valence electrons. The zero-order valence-corrected chi connectivity index (χ0v) is 19.5. The number of benzene rings is 1. The minimum Gasteiger partial charge on any atom is -0.436 e. The highest BCUT2D eigenvalue weighted by molar-refractivity contribution is 7.99. The number of carbonyl (C=O) groups excluding carboxylic acids is 1. The Balaban J connectivity index is 1.83. The number of rotatable bonds is 5. The van der Waals surface area contributed by atoms with Crippen molar-refractivity contribution < 1.29 is 9.53 Å². The summed E-state index contributed by atoms with van der Waals surface area (Å²) in [6.07, 6.45) is 1.97. The molecule has 1 aromatic carbocycles. The van der Waals surface area contributed by atoms with E-state index < -0.39 is 0 Å². The van der Waals surface area contributed by atoms with Gasteiger partial charge in [0.25, 0.3) is 0 Å². The Bertz CT molecular complexity index is 887. The lowest BCUT2D eigenvalue weighted by atomic mass is 10.1. The first-order chi connectivity index (χ1) is 14.3. The molecule has 0 unspecified atom stereocenters. The fraction of sp³-hybridized carbons (Fsp3) is 0.455. The maximum absolute atomic E-state index is 12.2. The highest BCUT2D eigenvalue weighted by atomic mass is 32.2. The van der Waals surface area contributed by atoms with E-state index in [1.807, 2.05) is 23.3 Å². The average Bonchev–Trinajstić information content (AvgIpc) is 2.71. The molecule has 30 heavy (non-hydrogen) atoms. The third-order valence-corrected chi connectivity index (χ3v) is 5.54. The number of aromatic nitrogens is 1. The third kappa shape index (κ3) is 4.92. The third-order valence-electron chi connectivity index (χ3n) is 5.12. The molecule has 0 atom stereocenters. The van der Waals surface area contributed by atoms with Crippen molar-refractivity contribution >= 4 is 29.5 Å². The number of piperazine rings is 1. The first kappa shape index (κ1) is 22.1. The van der Waals surface area contributed by atoms with E-state index >= 15 is 0 Å². The lowest BCUT2D eigenvalue weighted by Crippen LogP contribution is -2.51. The highest BCUT2D eigenvalue weighted by Crippen LogP contribution is 2.35. The number of amides is 2. The summed E-state index contributed by atoms with van der Waals surface area (Å²) >= 11 is 1.51. The topological polar surface area (TPSA) is 60.9 Å². The monoisotopic (exact) mass is 429 g/mol. The van der Waals surface area contributed by atoms with E-state index in [1.54, 1.807) is 19.0 Å².